The summed E-state index contributed by atoms with van der Waals surface area (Å²) in [5.41, 5.74) is 0. The predicted molar refractivity (Wildman–Crippen MR) is 80.1 cm³/mol. The standard InChI is InChI=1S/C16H18FN3O/c17-13-2-1-12-3-4-18-16(15(12)9-13)20-7-5-19(6-8-20)10-14-11-21-14/h1-4,9,14H,5-8,10-11H2. The molecule has 0 amide bonds. The van der Waals surface area contributed by atoms with Gasteiger partial charge in [-0.05, 0) is 23.6 Å². The molecule has 4 rings (SSSR count). The van der Waals surface area contributed by atoms with E-state index >= 15 is 0 Å². The van der Waals surface area contributed by atoms with Gasteiger partial charge in [-0.25, -0.2) is 9.37 Å². The Bertz CT molecular complexity index is 651. The summed E-state index contributed by atoms with van der Waals surface area (Å²) in [5, 5.41) is 1.94. The lowest BCUT2D eigenvalue weighted by atomic mass is 10.1. The highest BCUT2D eigenvalue weighted by molar-refractivity contribution is 5.92. The number of nitrogens with zero attached hydrogens (tertiary/aromatic N) is 3. The van der Waals surface area contributed by atoms with Crippen LogP contribution in [0.2, 0.25) is 0 Å². The van der Waals surface area contributed by atoms with Crippen LogP contribution in [-0.4, -0.2) is 55.3 Å². The molecule has 0 bridgehead atoms. The number of epoxide rings is 1. The number of halogens is 1. The molecule has 21 heavy (non-hydrogen) atoms. The van der Waals surface area contributed by atoms with Gasteiger partial charge in [0.1, 0.15) is 11.6 Å². The van der Waals surface area contributed by atoms with Crippen molar-refractivity contribution in [3.63, 3.8) is 0 Å². The van der Waals surface area contributed by atoms with Gasteiger partial charge in [-0.1, -0.05) is 6.07 Å². The van der Waals surface area contributed by atoms with E-state index in [1.54, 1.807) is 12.3 Å². The number of anilines is 1. The third-order valence-corrected chi connectivity index (χ3v) is 4.24. The third-order valence-electron chi connectivity index (χ3n) is 4.24. The lowest BCUT2D eigenvalue weighted by Crippen LogP contribution is -2.47. The average Bonchev–Trinajstić information content (AvgIpc) is 3.31. The fourth-order valence-corrected chi connectivity index (χ4v) is 2.98. The molecule has 2 aromatic rings. The second kappa shape index (κ2) is 5.24. The van der Waals surface area contributed by atoms with Gasteiger partial charge in [0.05, 0.1) is 12.7 Å². The minimum Gasteiger partial charge on any atom is -0.372 e. The number of aromatic nitrogens is 1. The van der Waals surface area contributed by atoms with Crippen molar-refractivity contribution in [3.8, 4) is 0 Å². The fraction of sp³-hybridized carbons (Fsp3) is 0.438. The monoisotopic (exact) mass is 287 g/mol. The third kappa shape index (κ3) is 2.71. The number of hydrogen-bond donors (Lipinski definition) is 0. The lowest BCUT2D eigenvalue weighted by molar-refractivity contribution is 0.230. The van der Waals surface area contributed by atoms with Gasteiger partial charge >= 0.3 is 0 Å². The largest absolute Gasteiger partial charge is 0.372 e. The van der Waals surface area contributed by atoms with Gasteiger partial charge in [0.2, 0.25) is 0 Å². The van der Waals surface area contributed by atoms with E-state index in [0.717, 1.165) is 55.9 Å². The van der Waals surface area contributed by atoms with Crippen LogP contribution in [0.1, 0.15) is 0 Å². The Morgan fingerprint density at radius 3 is 2.76 bits per heavy atom. The van der Waals surface area contributed by atoms with Crippen LogP contribution in [0, 0.1) is 5.82 Å². The number of benzene rings is 1. The molecule has 0 radical (unpaired) electrons. The molecule has 2 aliphatic heterocycles. The second-order valence-electron chi connectivity index (χ2n) is 5.74. The molecular formula is C16H18FN3O. The molecule has 0 N–H and O–H groups in total. The van der Waals surface area contributed by atoms with Gasteiger partial charge in [-0.3, -0.25) is 4.90 Å². The Hall–Kier alpha value is -1.72. The zero-order valence-corrected chi connectivity index (χ0v) is 11.8. The van der Waals surface area contributed by atoms with E-state index in [0.29, 0.717) is 6.10 Å². The molecule has 2 fully saturated rings. The summed E-state index contributed by atoms with van der Waals surface area (Å²) >= 11 is 0. The Balaban J connectivity index is 1.55. The van der Waals surface area contributed by atoms with Crippen LogP contribution in [0.3, 0.4) is 0 Å². The van der Waals surface area contributed by atoms with Crippen LogP contribution in [-0.2, 0) is 4.74 Å². The predicted octanol–water partition coefficient (Wildman–Crippen LogP) is 1.89. The minimum absolute atomic E-state index is 0.207. The number of piperazine rings is 1. The Morgan fingerprint density at radius 1 is 1.19 bits per heavy atom. The highest BCUT2D eigenvalue weighted by atomic mass is 19.1. The Labute approximate surface area is 123 Å². The van der Waals surface area contributed by atoms with Crippen LogP contribution in [0.25, 0.3) is 10.8 Å². The van der Waals surface area contributed by atoms with Crippen molar-refractivity contribution in [2.45, 2.75) is 6.10 Å². The molecule has 0 saturated carbocycles. The van der Waals surface area contributed by atoms with Crippen molar-refractivity contribution in [1.29, 1.82) is 0 Å². The van der Waals surface area contributed by atoms with Crippen molar-refractivity contribution in [2.75, 3.05) is 44.2 Å². The summed E-state index contributed by atoms with van der Waals surface area (Å²) in [5.74, 6) is 0.690. The smallest absolute Gasteiger partial charge is 0.136 e. The zero-order chi connectivity index (χ0) is 14.2. The van der Waals surface area contributed by atoms with E-state index < -0.39 is 0 Å². The molecular weight excluding hydrogens is 269 g/mol. The number of rotatable bonds is 3. The van der Waals surface area contributed by atoms with Crippen molar-refractivity contribution in [1.82, 2.24) is 9.88 Å². The topological polar surface area (TPSA) is 31.9 Å². The number of hydrogen-bond acceptors (Lipinski definition) is 4. The summed E-state index contributed by atoms with van der Waals surface area (Å²) < 4.78 is 18.8. The molecule has 2 aliphatic rings. The van der Waals surface area contributed by atoms with E-state index in [2.05, 4.69) is 14.8 Å². The van der Waals surface area contributed by atoms with Crippen LogP contribution in [0.4, 0.5) is 10.2 Å². The van der Waals surface area contributed by atoms with E-state index in [9.17, 15) is 4.39 Å². The number of fused-ring (bicyclic) bond motifs is 1. The van der Waals surface area contributed by atoms with Crippen LogP contribution in [0.15, 0.2) is 30.5 Å². The first-order valence-electron chi connectivity index (χ1n) is 7.43. The fourth-order valence-electron chi connectivity index (χ4n) is 2.98. The van der Waals surface area contributed by atoms with Crippen LogP contribution < -0.4 is 4.90 Å². The highest BCUT2D eigenvalue weighted by Crippen LogP contribution is 2.26. The Kier molecular flexibility index (Phi) is 3.24. The summed E-state index contributed by atoms with van der Waals surface area (Å²) in [6.07, 6.45) is 2.25. The molecule has 0 spiro atoms. The Morgan fingerprint density at radius 2 is 2.00 bits per heavy atom. The summed E-state index contributed by atoms with van der Waals surface area (Å²) in [4.78, 5) is 9.17. The molecule has 5 heteroatoms. The lowest BCUT2D eigenvalue weighted by Gasteiger charge is -2.35. The van der Waals surface area contributed by atoms with E-state index in [1.807, 2.05) is 12.1 Å². The maximum atomic E-state index is 13.5. The van der Waals surface area contributed by atoms with Crippen molar-refractivity contribution in [2.24, 2.45) is 0 Å². The molecule has 1 unspecified atom stereocenters. The van der Waals surface area contributed by atoms with E-state index in [1.165, 1.54) is 6.07 Å². The molecule has 1 aromatic carbocycles. The van der Waals surface area contributed by atoms with Gasteiger partial charge in [-0.2, -0.15) is 0 Å². The van der Waals surface area contributed by atoms with Crippen molar-refractivity contribution in [3.05, 3.63) is 36.3 Å². The van der Waals surface area contributed by atoms with Gasteiger partial charge in [0.25, 0.3) is 0 Å². The molecule has 4 nitrogen and oxygen atoms in total. The zero-order valence-electron chi connectivity index (χ0n) is 11.8. The maximum absolute atomic E-state index is 13.5. The average molecular weight is 287 g/mol. The van der Waals surface area contributed by atoms with Gasteiger partial charge in [0, 0.05) is 44.3 Å². The summed E-state index contributed by atoms with van der Waals surface area (Å²) in [6, 6.07) is 6.83. The summed E-state index contributed by atoms with van der Waals surface area (Å²) in [7, 11) is 0. The molecule has 0 aliphatic carbocycles. The minimum atomic E-state index is -0.207. The first-order chi connectivity index (χ1) is 10.3. The van der Waals surface area contributed by atoms with E-state index in [-0.39, 0.29) is 5.82 Å². The molecule has 110 valence electrons. The summed E-state index contributed by atoms with van der Waals surface area (Å²) in [6.45, 7) is 5.81. The molecule has 3 heterocycles. The van der Waals surface area contributed by atoms with Gasteiger partial charge in [-0.15, -0.1) is 0 Å². The normalized spacial score (nSPS) is 22.7. The van der Waals surface area contributed by atoms with Crippen LogP contribution >= 0.6 is 0 Å². The molecule has 1 atom stereocenters. The van der Waals surface area contributed by atoms with Crippen molar-refractivity contribution < 1.29 is 9.13 Å². The highest BCUT2D eigenvalue weighted by Gasteiger charge is 2.28. The molecule has 2 saturated heterocycles. The van der Waals surface area contributed by atoms with Gasteiger partial charge < -0.3 is 9.64 Å². The second-order valence-corrected chi connectivity index (χ2v) is 5.74. The number of ether oxygens (including phenoxy) is 1. The van der Waals surface area contributed by atoms with Gasteiger partial charge in [0.15, 0.2) is 0 Å². The quantitative estimate of drug-likeness (QED) is 0.807. The number of pyridine rings is 1. The SMILES string of the molecule is Fc1ccc2ccnc(N3CCN(CC4CO4)CC3)c2c1. The van der Waals surface area contributed by atoms with Crippen molar-refractivity contribution >= 4 is 16.6 Å². The molecule has 1 aromatic heterocycles. The first-order valence-corrected chi connectivity index (χ1v) is 7.43. The van der Waals surface area contributed by atoms with E-state index in [4.69, 9.17) is 4.74 Å². The maximum Gasteiger partial charge on any atom is 0.136 e. The van der Waals surface area contributed by atoms with Crippen LogP contribution in [0.5, 0.6) is 0 Å². The first kappa shape index (κ1) is 13.0.